The van der Waals surface area contributed by atoms with Gasteiger partial charge in [0.05, 0.1) is 23.6 Å². The van der Waals surface area contributed by atoms with Gasteiger partial charge in [0.2, 0.25) is 5.91 Å². The molecule has 0 atom stereocenters. The molecule has 0 unspecified atom stereocenters. The molecule has 1 amide bonds. The second-order valence-electron chi connectivity index (χ2n) is 6.45. The average molecular weight is 401 g/mol. The molecule has 30 heavy (non-hydrogen) atoms. The van der Waals surface area contributed by atoms with Crippen LogP contribution in [0.15, 0.2) is 48.5 Å². The summed E-state index contributed by atoms with van der Waals surface area (Å²) in [5.74, 6) is 0.894. The van der Waals surface area contributed by atoms with Gasteiger partial charge < -0.3 is 4.74 Å². The maximum Gasteiger partial charge on any atom is 0.271 e. The summed E-state index contributed by atoms with van der Waals surface area (Å²) >= 11 is 0. The number of carbonyl (C=O) groups excluding carboxylic acids is 1. The van der Waals surface area contributed by atoms with Crippen molar-refractivity contribution < 1.29 is 14.5 Å². The van der Waals surface area contributed by atoms with Gasteiger partial charge in [0.15, 0.2) is 5.82 Å². The van der Waals surface area contributed by atoms with Crippen LogP contribution in [-0.4, -0.2) is 27.4 Å². The number of aromatic nitrogens is 2. The van der Waals surface area contributed by atoms with Crippen molar-refractivity contribution in [1.82, 2.24) is 9.97 Å². The lowest BCUT2D eigenvalue weighted by molar-refractivity contribution is -0.384. The van der Waals surface area contributed by atoms with Crippen LogP contribution in [0.5, 0.6) is 5.75 Å². The Balaban J connectivity index is 1.82. The molecule has 1 aromatic heterocycles. The fourth-order valence-electron chi connectivity index (χ4n) is 3.27. The van der Waals surface area contributed by atoms with E-state index in [1.807, 2.05) is 13.0 Å². The van der Waals surface area contributed by atoms with Gasteiger partial charge in [-0.3, -0.25) is 19.8 Å². The van der Waals surface area contributed by atoms with Crippen LogP contribution >= 0.6 is 0 Å². The monoisotopic (exact) mass is 401 g/mol. The van der Waals surface area contributed by atoms with Gasteiger partial charge in [-0.2, -0.15) is 5.26 Å². The Labute approximate surface area is 171 Å². The van der Waals surface area contributed by atoms with E-state index in [0.29, 0.717) is 29.2 Å². The molecule has 0 saturated carbocycles. The van der Waals surface area contributed by atoms with Gasteiger partial charge in [0.1, 0.15) is 23.3 Å². The van der Waals surface area contributed by atoms with Crippen molar-refractivity contribution in [2.45, 2.75) is 13.3 Å². The summed E-state index contributed by atoms with van der Waals surface area (Å²) < 4.78 is 5.43. The van der Waals surface area contributed by atoms with E-state index < -0.39 is 4.92 Å². The third-order valence-corrected chi connectivity index (χ3v) is 4.60. The second kappa shape index (κ2) is 7.60. The van der Waals surface area contributed by atoms with Crippen molar-refractivity contribution in [3.63, 3.8) is 0 Å². The summed E-state index contributed by atoms with van der Waals surface area (Å²) in [6.07, 6.45) is -0.0511. The van der Waals surface area contributed by atoms with E-state index >= 15 is 0 Å². The van der Waals surface area contributed by atoms with Crippen molar-refractivity contribution >= 4 is 23.1 Å². The Kier molecular flexibility index (Phi) is 4.82. The highest BCUT2D eigenvalue weighted by Gasteiger charge is 2.34. The lowest BCUT2D eigenvalue weighted by atomic mass is 10.1. The molecule has 0 fully saturated rings. The molecule has 9 heteroatoms. The number of fused-ring (bicyclic) bond motifs is 1. The van der Waals surface area contributed by atoms with E-state index in [-0.39, 0.29) is 35.4 Å². The van der Waals surface area contributed by atoms with Crippen LogP contribution in [0.4, 0.5) is 17.2 Å². The Morgan fingerprint density at radius 2 is 2.00 bits per heavy atom. The summed E-state index contributed by atoms with van der Waals surface area (Å²) in [5.41, 5.74) is 1.33. The Bertz CT molecular complexity index is 1200. The zero-order valence-corrected chi connectivity index (χ0v) is 15.9. The normalized spacial score (nSPS) is 12.4. The zero-order valence-electron chi connectivity index (χ0n) is 15.9. The number of nitro benzene ring substituents is 1. The van der Waals surface area contributed by atoms with Crippen LogP contribution in [0.3, 0.4) is 0 Å². The lowest BCUT2D eigenvalue weighted by Gasteiger charge is -2.17. The quantitative estimate of drug-likeness (QED) is 0.473. The summed E-state index contributed by atoms with van der Waals surface area (Å²) in [7, 11) is 0. The van der Waals surface area contributed by atoms with E-state index in [0.717, 1.165) is 0 Å². The van der Waals surface area contributed by atoms with E-state index in [9.17, 15) is 20.2 Å². The molecular formula is C21H15N5O4. The molecule has 1 aliphatic heterocycles. The van der Waals surface area contributed by atoms with Crippen molar-refractivity contribution in [3.8, 4) is 23.2 Å². The number of benzene rings is 2. The molecule has 0 N–H and O–H groups in total. The van der Waals surface area contributed by atoms with Crippen LogP contribution in [0.1, 0.15) is 18.2 Å². The van der Waals surface area contributed by atoms with Crippen LogP contribution in [0.25, 0.3) is 11.4 Å². The second-order valence-corrected chi connectivity index (χ2v) is 6.45. The Morgan fingerprint density at radius 3 is 2.67 bits per heavy atom. The number of amides is 1. The number of nitrogens with zero attached hydrogens (tertiary/aromatic N) is 5. The Hall–Kier alpha value is -4.32. The number of hydrogen-bond donors (Lipinski definition) is 0. The minimum absolute atomic E-state index is 0.0511. The molecule has 4 rings (SSSR count). The fraction of sp³-hybridized carbons (Fsp3) is 0.143. The molecule has 9 nitrogen and oxygen atoms in total. The number of nitriles is 1. The minimum atomic E-state index is -0.531. The predicted octanol–water partition coefficient (Wildman–Crippen LogP) is 3.54. The van der Waals surface area contributed by atoms with E-state index in [2.05, 4.69) is 9.97 Å². The minimum Gasteiger partial charge on any atom is -0.494 e. The SMILES string of the molecule is CCOc1ccc(-c2nc(C#N)c3c(n2)N(c2cccc([N+](=O)[O-])c2)C(=O)C3)cc1. The molecule has 2 aromatic carbocycles. The van der Waals surface area contributed by atoms with Gasteiger partial charge >= 0.3 is 0 Å². The number of hydrogen-bond acceptors (Lipinski definition) is 7. The Morgan fingerprint density at radius 1 is 1.23 bits per heavy atom. The van der Waals surface area contributed by atoms with Gasteiger partial charge in [-0.25, -0.2) is 9.97 Å². The van der Waals surface area contributed by atoms with Gasteiger partial charge in [0, 0.05) is 23.3 Å². The van der Waals surface area contributed by atoms with Crippen LogP contribution in [0, 0.1) is 21.4 Å². The van der Waals surface area contributed by atoms with E-state index in [1.165, 1.54) is 23.1 Å². The van der Waals surface area contributed by atoms with Crippen molar-refractivity contribution in [3.05, 3.63) is 69.9 Å². The summed E-state index contributed by atoms with van der Waals surface area (Å²) in [5, 5.41) is 20.7. The molecule has 0 spiro atoms. The standard InChI is InChI=1S/C21H15N5O4/c1-2-30-16-8-6-13(7-9-16)20-23-18(12-22)17-11-19(27)25(21(17)24-20)14-4-3-5-15(10-14)26(28)29/h3-10H,2,11H2,1H3. The molecule has 0 bridgehead atoms. The number of anilines is 2. The highest BCUT2D eigenvalue weighted by Crippen LogP contribution is 2.37. The van der Waals surface area contributed by atoms with Crippen molar-refractivity contribution in [2.75, 3.05) is 11.5 Å². The third kappa shape index (κ3) is 3.31. The van der Waals surface area contributed by atoms with Gasteiger partial charge in [-0.1, -0.05) is 6.07 Å². The lowest BCUT2D eigenvalue weighted by Crippen LogP contribution is -2.21. The highest BCUT2D eigenvalue weighted by molar-refractivity contribution is 6.07. The smallest absolute Gasteiger partial charge is 0.271 e. The number of non-ortho nitro benzene ring substituents is 1. The van der Waals surface area contributed by atoms with Crippen molar-refractivity contribution in [2.24, 2.45) is 0 Å². The van der Waals surface area contributed by atoms with Crippen molar-refractivity contribution in [1.29, 1.82) is 5.26 Å². The van der Waals surface area contributed by atoms with E-state index in [1.54, 1.807) is 30.3 Å². The molecule has 2 heterocycles. The van der Waals surface area contributed by atoms with Crippen LogP contribution in [-0.2, 0) is 11.2 Å². The largest absolute Gasteiger partial charge is 0.494 e. The first-order valence-electron chi connectivity index (χ1n) is 9.13. The molecule has 3 aromatic rings. The molecule has 148 valence electrons. The zero-order chi connectivity index (χ0) is 21.3. The molecule has 0 saturated heterocycles. The average Bonchev–Trinajstić information content (AvgIpc) is 3.09. The predicted molar refractivity (Wildman–Crippen MR) is 107 cm³/mol. The molecule has 1 aliphatic rings. The first-order valence-corrected chi connectivity index (χ1v) is 9.13. The van der Waals surface area contributed by atoms with Gasteiger partial charge in [-0.15, -0.1) is 0 Å². The number of carbonyl (C=O) groups is 1. The highest BCUT2D eigenvalue weighted by atomic mass is 16.6. The van der Waals surface area contributed by atoms with Crippen LogP contribution in [0.2, 0.25) is 0 Å². The third-order valence-electron chi connectivity index (χ3n) is 4.60. The molecule has 0 aliphatic carbocycles. The van der Waals surface area contributed by atoms with E-state index in [4.69, 9.17) is 4.74 Å². The maximum absolute atomic E-state index is 12.7. The summed E-state index contributed by atoms with van der Waals surface area (Å²) in [4.78, 5) is 33.4. The maximum atomic E-state index is 12.7. The first-order chi connectivity index (χ1) is 14.5. The number of nitro groups is 1. The molecule has 0 radical (unpaired) electrons. The summed E-state index contributed by atoms with van der Waals surface area (Å²) in [6, 6.07) is 14.8. The molecular weight excluding hydrogens is 386 g/mol. The van der Waals surface area contributed by atoms with Crippen LogP contribution < -0.4 is 9.64 Å². The summed E-state index contributed by atoms with van der Waals surface area (Å²) in [6.45, 7) is 2.42. The fourth-order valence-corrected chi connectivity index (χ4v) is 3.27. The number of rotatable bonds is 5. The topological polar surface area (TPSA) is 122 Å². The number of ether oxygens (including phenoxy) is 1. The van der Waals surface area contributed by atoms with Gasteiger partial charge in [-0.05, 0) is 37.3 Å². The van der Waals surface area contributed by atoms with Gasteiger partial charge in [0.25, 0.3) is 5.69 Å². The first kappa shape index (κ1) is 19.0.